The highest BCUT2D eigenvalue weighted by atomic mass is 19.4. The summed E-state index contributed by atoms with van der Waals surface area (Å²) in [5.74, 6) is -1.24. The van der Waals surface area contributed by atoms with Gasteiger partial charge in [0.2, 0.25) is 5.91 Å². The predicted octanol–water partition coefficient (Wildman–Crippen LogP) is 3.86. The van der Waals surface area contributed by atoms with Crippen molar-refractivity contribution in [2.24, 2.45) is 0 Å². The Bertz CT molecular complexity index is 1100. The van der Waals surface area contributed by atoms with Gasteiger partial charge in [0.1, 0.15) is 6.04 Å². The number of hydrogen-bond donors (Lipinski definition) is 4. The lowest BCUT2D eigenvalue weighted by Gasteiger charge is -2.18. The summed E-state index contributed by atoms with van der Waals surface area (Å²) in [6.07, 6.45) is -4.50. The van der Waals surface area contributed by atoms with Gasteiger partial charge in [0.25, 0.3) is 5.91 Å². The second-order valence-electron chi connectivity index (χ2n) is 7.16. The Balaban J connectivity index is 1.70. The second kappa shape index (κ2) is 10.6. The van der Waals surface area contributed by atoms with E-state index in [0.717, 1.165) is 17.7 Å². The van der Waals surface area contributed by atoms with Crippen LogP contribution in [-0.4, -0.2) is 29.6 Å². The van der Waals surface area contributed by atoms with Crippen LogP contribution in [0.25, 0.3) is 0 Å². The Kier molecular flexibility index (Phi) is 7.68. The number of para-hydroxylation sites is 1. The number of alkyl halides is 3. The van der Waals surface area contributed by atoms with Gasteiger partial charge in [0, 0.05) is 12.2 Å². The molecule has 33 heavy (non-hydrogen) atoms. The summed E-state index contributed by atoms with van der Waals surface area (Å²) in [5.41, 5.74) is 0.513. The van der Waals surface area contributed by atoms with E-state index >= 15 is 0 Å². The molecule has 0 spiro atoms. The fourth-order valence-corrected chi connectivity index (χ4v) is 3.06. The molecule has 0 unspecified atom stereocenters. The Labute approximate surface area is 188 Å². The van der Waals surface area contributed by atoms with E-state index < -0.39 is 36.2 Å². The molecule has 3 aromatic carbocycles. The second-order valence-corrected chi connectivity index (χ2v) is 7.16. The molecule has 2 amide bonds. The van der Waals surface area contributed by atoms with E-state index in [9.17, 15) is 27.9 Å². The first-order chi connectivity index (χ1) is 15.8. The number of hydrogen-bond acceptors (Lipinski definition) is 4. The first kappa shape index (κ1) is 23.8. The van der Waals surface area contributed by atoms with E-state index in [0.29, 0.717) is 0 Å². The number of carbonyl (C=O) groups excluding carboxylic acids is 2. The van der Waals surface area contributed by atoms with E-state index in [4.69, 9.17) is 0 Å². The van der Waals surface area contributed by atoms with Crippen molar-refractivity contribution in [3.8, 4) is 0 Å². The molecule has 0 radical (unpaired) electrons. The molecule has 9 heteroatoms. The Morgan fingerprint density at radius 3 is 2.30 bits per heavy atom. The average Bonchev–Trinajstić information content (AvgIpc) is 2.81. The van der Waals surface area contributed by atoms with Crippen LogP contribution in [0.5, 0.6) is 0 Å². The molecular formula is C24H22F3N3O3. The largest absolute Gasteiger partial charge is 0.416 e. The van der Waals surface area contributed by atoms with Crippen molar-refractivity contribution in [2.75, 3.05) is 11.9 Å². The van der Waals surface area contributed by atoms with Gasteiger partial charge in [-0.15, -0.1) is 0 Å². The van der Waals surface area contributed by atoms with Gasteiger partial charge in [-0.2, -0.15) is 13.2 Å². The van der Waals surface area contributed by atoms with Gasteiger partial charge < -0.3 is 21.1 Å². The van der Waals surface area contributed by atoms with Crippen molar-refractivity contribution in [2.45, 2.75) is 18.8 Å². The number of halogens is 3. The van der Waals surface area contributed by atoms with Crippen LogP contribution in [0.1, 0.15) is 21.5 Å². The monoisotopic (exact) mass is 457 g/mol. The lowest BCUT2D eigenvalue weighted by Crippen LogP contribution is -2.48. The van der Waals surface area contributed by atoms with Crippen molar-refractivity contribution in [3.05, 3.63) is 95.6 Å². The summed E-state index contributed by atoms with van der Waals surface area (Å²) >= 11 is 0. The van der Waals surface area contributed by atoms with E-state index in [1.807, 2.05) is 30.3 Å². The predicted molar refractivity (Wildman–Crippen MR) is 118 cm³/mol. The number of aliphatic hydroxyl groups excluding tert-OH is 1. The van der Waals surface area contributed by atoms with Crippen molar-refractivity contribution < 1.29 is 27.9 Å². The molecule has 0 aliphatic heterocycles. The first-order valence-corrected chi connectivity index (χ1v) is 10.0. The maximum absolute atomic E-state index is 13.0. The van der Waals surface area contributed by atoms with Gasteiger partial charge in [-0.05, 0) is 35.9 Å². The summed E-state index contributed by atoms with van der Waals surface area (Å²) in [4.78, 5) is 25.2. The van der Waals surface area contributed by atoms with Gasteiger partial charge >= 0.3 is 6.18 Å². The molecule has 0 fully saturated rings. The number of amides is 2. The van der Waals surface area contributed by atoms with Crippen molar-refractivity contribution in [3.63, 3.8) is 0 Å². The summed E-state index contributed by atoms with van der Waals surface area (Å²) in [7, 11) is 0. The third kappa shape index (κ3) is 6.56. The standard InChI is InChI=1S/C24H22F3N3O3/c25-24(26,27)17-9-6-10-18(13-17)29-20-12-5-4-11-19(20)22(32)30-21(15-31)23(33)28-14-16-7-2-1-3-8-16/h1-13,21,29,31H,14-15H2,(H,28,33)(H,30,32)/t21-/m0/s1. The first-order valence-electron chi connectivity index (χ1n) is 10.0. The van der Waals surface area contributed by atoms with Gasteiger partial charge in [0.05, 0.1) is 23.4 Å². The van der Waals surface area contributed by atoms with Gasteiger partial charge in [-0.3, -0.25) is 9.59 Å². The Hall–Kier alpha value is -3.85. The van der Waals surface area contributed by atoms with Gasteiger partial charge in [0.15, 0.2) is 0 Å². The summed E-state index contributed by atoms with van der Waals surface area (Å²) in [6, 6.07) is 18.7. The Morgan fingerprint density at radius 2 is 1.61 bits per heavy atom. The van der Waals surface area contributed by atoms with Crippen molar-refractivity contribution in [1.82, 2.24) is 10.6 Å². The van der Waals surface area contributed by atoms with Crippen LogP contribution in [0, 0.1) is 0 Å². The molecule has 3 rings (SSSR count). The lowest BCUT2D eigenvalue weighted by molar-refractivity contribution is -0.137. The number of carbonyl (C=O) groups is 2. The molecule has 172 valence electrons. The summed E-state index contributed by atoms with van der Waals surface area (Å²) < 4.78 is 39.0. The molecule has 0 heterocycles. The van der Waals surface area contributed by atoms with Gasteiger partial charge in [-0.25, -0.2) is 0 Å². The zero-order chi connectivity index (χ0) is 23.8. The minimum Gasteiger partial charge on any atom is -0.394 e. The normalized spacial score (nSPS) is 12.0. The van der Waals surface area contributed by atoms with E-state index in [-0.39, 0.29) is 23.5 Å². The molecule has 6 nitrogen and oxygen atoms in total. The fraction of sp³-hybridized carbons (Fsp3) is 0.167. The van der Waals surface area contributed by atoms with E-state index in [1.54, 1.807) is 12.1 Å². The van der Waals surface area contributed by atoms with Crippen LogP contribution in [0.2, 0.25) is 0 Å². The SMILES string of the molecule is O=C(N[C@@H](CO)C(=O)NCc1ccccc1)c1ccccc1Nc1cccc(C(F)(F)F)c1. The highest BCUT2D eigenvalue weighted by Gasteiger charge is 2.30. The molecule has 0 aromatic heterocycles. The van der Waals surface area contributed by atoms with Crippen LogP contribution in [0.15, 0.2) is 78.9 Å². The quantitative estimate of drug-likeness (QED) is 0.414. The van der Waals surface area contributed by atoms with E-state index in [1.165, 1.54) is 24.3 Å². The molecule has 3 aromatic rings. The maximum atomic E-state index is 13.0. The third-order valence-electron chi connectivity index (χ3n) is 4.75. The molecule has 4 N–H and O–H groups in total. The lowest BCUT2D eigenvalue weighted by atomic mass is 10.1. The van der Waals surface area contributed by atoms with Crippen LogP contribution in [0.4, 0.5) is 24.5 Å². The molecule has 0 aliphatic rings. The third-order valence-corrected chi connectivity index (χ3v) is 4.75. The topological polar surface area (TPSA) is 90.5 Å². The highest BCUT2D eigenvalue weighted by Crippen LogP contribution is 2.31. The molecular weight excluding hydrogens is 435 g/mol. The van der Waals surface area contributed by atoms with Crippen LogP contribution < -0.4 is 16.0 Å². The zero-order valence-corrected chi connectivity index (χ0v) is 17.4. The summed E-state index contributed by atoms with van der Waals surface area (Å²) in [5, 5.41) is 17.5. The number of benzene rings is 3. The Morgan fingerprint density at radius 1 is 0.909 bits per heavy atom. The molecule has 0 saturated carbocycles. The maximum Gasteiger partial charge on any atom is 0.416 e. The number of rotatable bonds is 8. The molecule has 1 atom stereocenters. The molecule has 0 bridgehead atoms. The highest BCUT2D eigenvalue weighted by molar-refractivity contribution is 6.02. The minimum absolute atomic E-state index is 0.101. The molecule has 0 aliphatic carbocycles. The fourth-order valence-electron chi connectivity index (χ4n) is 3.06. The van der Waals surface area contributed by atoms with Gasteiger partial charge in [-0.1, -0.05) is 48.5 Å². The molecule has 0 saturated heterocycles. The number of nitrogens with one attached hydrogen (secondary N) is 3. The smallest absolute Gasteiger partial charge is 0.394 e. The van der Waals surface area contributed by atoms with Crippen molar-refractivity contribution >= 4 is 23.2 Å². The number of aliphatic hydroxyl groups is 1. The van der Waals surface area contributed by atoms with Crippen LogP contribution >= 0.6 is 0 Å². The minimum atomic E-state index is -4.50. The number of anilines is 2. The van der Waals surface area contributed by atoms with Crippen LogP contribution in [0.3, 0.4) is 0 Å². The van der Waals surface area contributed by atoms with E-state index in [2.05, 4.69) is 16.0 Å². The van der Waals surface area contributed by atoms with Crippen LogP contribution in [-0.2, 0) is 17.5 Å². The zero-order valence-electron chi connectivity index (χ0n) is 17.4. The summed E-state index contributed by atoms with van der Waals surface area (Å²) in [6.45, 7) is -0.407. The average molecular weight is 457 g/mol. The van der Waals surface area contributed by atoms with Crippen molar-refractivity contribution in [1.29, 1.82) is 0 Å².